The predicted molar refractivity (Wildman–Crippen MR) is 179 cm³/mol. The van der Waals surface area contributed by atoms with Gasteiger partial charge in [-0.1, -0.05) is 158 Å². The van der Waals surface area contributed by atoms with E-state index in [1.807, 2.05) is 109 Å². The van der Waals surface area contributed by atoms with Crippen LogP contribution in [0.25, 0.3) is 22.3 Å². The van der Waals surface area contributed by atoms with E-state index in [4.69, 9.17) is 0 Å². The van der Waals surface area contributed by atoms with Crippen LogP contribution in [-0.2, 0) is 13.1 Å². The number of phenols is 2. The van der Waals surface area contributed by atoms with Crippen molar-refractivity contribution in [3.05, 3.63) is 180 Å². The second-order valence-corrected chi connectivity index (χ2v) is 10.9. The molecule has 6 rings (SSSR count). The molecule has 0 aliphatic heterocycles. The van der Waals surface area contributed by atoms with Crippen molar-refractivity contribution in [1.82, 2.24) is 10.6 Å². The van der Waals surface area contributed by atoms with Gasteiger partial charge >= 0.3 is 0 Å². The number of phenolic OH excluding ortho intramolecular Hbond substituents is 2. The first-order valence-corrected chi connectivity index (χ1v) is 15.0. The van der Waals surface area contributed by atoms with Crippen molar-refractivity contribution in [1.29, 1.82) is 0 Å². The molecule has 6 aromatic rings. The highest BCUT2D eigenvalue weighted by atomic mass is 16.3. The molecule has 4 heteroatoms. The van der Waals surface area contributed by atoms with Crippen LogP contribution in [0.1, 0.15) is 34.3 Å². The van der Waals surface area contributed by atoms with Crippen LogP contribution in [0, 0.1) is 0 Å². The molecule has 0 bridgehead atoms. The molecule has 0 fully saturated rings. The molecule has 0 saturated heterocycles. The van der Waals surface area contributed by atoms with Crippen LogP contribution >= 0.6 is 0 Å². The molecule has 218 valence electrons. The average molecular weight is 577 g/mol. The molecule has 4 nitrogen and oxygen atoms in total. The highest BCUT2D eigenvalue weighted by Gasteiger charge is 2.25. The van der Waals surface area contributed by atoms with E-state index in [1.165, 1.54) is 0 Å². The van der Waals surface area contributed by atoms with Crippen LogP contribution in [0.2, 0.25) is 0 Å². The summed E-state index contributed by atoms with van der Waals surface area (Å²) >= 11 is 0. The van der Waals surface area contributed by atoms with Gasteiger partial charge in [0.05, 0.1) is 12.1 Å². The fourth-order valence-corrected chi connectivity index (χ4v) is 5.79. The van der Waals surface area contributed by atoms with Gasteiger partial charge in [-0.25, -0.2) is 0 Å². The average Bonchev–Trinajstić information content (AvgIpc) is 3.09. The lowest BCUT2D eigenvalue weighted by atomic mass is 9.92. The Bertz CT molecular complexity index is 1640. The zero-order valence-electron chi connectivity index (χ0n) is 24.5. The molecule has 0 unspecified atom stereocenters. The number of para-hydroxylation sites is 2. The van der Waals surface area contributed by atoms with Gasteiger partial charge in [-0.2, -0.15) is 0 Å². The summed E-state index contributed by atoms with van der Waals surface area (Å²) in [4.78, 5) is 0. The van der Waals surface area contributed by atoms with Crippen LogP contribution in [0.4, 0.5) is 0 Å². The summed E-state index contributed by atoms with van der Waals surface area (Å²) in [6, 6.07) is 52.2. The summed E-state index contributed by atoms with van der Waals surface area (Å²) in [6.07, 6.45) is 0. The van der Waals surface area contributed by atoms with Crippen molar-refractivity contribution in [2.45, 2.75) is 25.2 Å². The zero-order chi connectivity index (χ0) is 30.1. The Hall–Kier alpha value is -5.16. The van der Waals surface area contributed by atoms with Crippen molar-refractivity contribution >= 4 is 0 Å². The molecule has 4 N–H and O–H groups in total. The van der Waals surface area contributed by atoms with Gasteiger partial charge in [0.15, 0.2) is 0 Å². The molecule has 0 aliphatic carbocycles. The second-order valence-electron chi connectivity index (χ2n) is 10.9. The molecular weight excluding hydrogens is 540 g/mol. The van der Waals surface area contributed by atoms with E-state index >= 15 is 0 Å². The minimum Gasteiger partial charge on any atom is -0.507 e. The van der Waals surface area contributed by atoms with Crippen LogP contribution in [0.3, 0.4) is 0 Å². The van der Waals surface area contributed by atoms with E-state index in [0.717, 1.165) is 44.5 Å². The van der Waals surface area contributed by atoms with Gasteiger partial charge in [-0.3, -0.25) is 0 Å². The molecule has 2 atom stereocenters. The lowest BCUT2D eigenvalue weighted by Gasteiger charge is -2.31. The third-order valence-electron chi connectivity index (χ3n) is 8.08. The monoisotopic (exact) mass is 576 g/mol. The summed E-state index contributed by atoms with van der Waals surface area (Å²) in [7, 11) is 0. The second kappa shape index (κ2) is 13.9. The van der Waals surface area contributed by atoms with E-state index in [2.05, 4.69) is 59.2 Å². The van der Waals surface area contributed by atoms with Crippen molar-refractivity contribution in [3.8, 4) is 33.8 Å². The summed E-state index contributed by atoms with van der Waals surface area (Å²) < 4.78 is 0. The van der Waals surface area contributed by atoms with Crippen molar-refractivity contribution < 1.29 is 10.2 Å². The van der Waals surface area contributed by atoms with E-state index in [1.54, 1.807) is 0 Å². The number of rotatable bonds is 11. The Morgan fingerprint density at radius 2 is 0.727 bits per heavy atom. The molecule has 0 aromatic heterocycles. The molecule has 0 heterocycles. The van der Waals surface area contributed by atoms with E-state index in [9.17, 15) is 10.2 Å². The van der Waals surface area contributed by atoms with Crippen molar-refractivity contribution in [2.75, 3.05) is 0 Å². The number of hydrogen-bond acceptors (Lipinski definition) is 4. The smallest absolute Gasteiger partial charge is 0.127 e. The van der Waals surface area contributed by atoms with Crippen LogP contribution in [0.5, 0.6) is 11.5 Å². The van der Waals surface area contributed by atoms with Gasteiger partial charge in [0.25, 0.3) is 0 Å². The number of benzene rings is 6. The zero-order valence-corrected chi connectivity index (χ0v) is 24.5. The minimum absolute atomic E-state index is 0.141. The summed E-state index contributed by atoms with van der Waals surface area (Å²) in [5, 5.41) is 30.1. The molecule has 0 aliphatic rings. The van der Waals surface area contributed by atoms with Gasteiger partial charge in [0.1, 0.15) is 11.5 Å². The van der Waals surface area contributed by atoms with E-state index in [-0.39, 0.29) is 23.6 Å². The normalized spacial score (nSPS) is 12.5. The first-order chi connectivity index (χ1) is 21.7. The predicted octanol–water partition coefficient (Wildman–Crippen LogP) is 8.79. The van der Waals surface area contributed by atoms with Gasteiger partial charge in [0.2, 0.25) is 0 Å². The lowest BCUT2D eigenvalue weighted by Crippen LogP contribution is -2.35. The lowest BCUT2D eigenvalue weighted by molar-refractivity contribution is 0.373. The topological polar surface area (TPSA) is 64.5 Å². The van der Waals surface area contributed by atoms with Crippen LogP contribution < -0.4 is 10.6 Å². The minimum atomic E-state index is -0.141. The molecule has 0 radical (unpaired) electrons. The first kappa shape index (κ1) is 28.9. The Kier molecular flexibility index (Phi) is 9.12. The maximum Gasteiger partial charge on any atom is 0.127 e. The van der Waals surface area contributed by atoms with Crippen molar-refractivity contribution in [2.24, 2.45) is 0 Å². The van der Waals surface area contributed by atoms with Crippen LogP contribution in [0.15, 0.2) is 158 Å². The summed E-state index contributed by atoms with van der Waals surface area (Å²) in [5.41, 5.74) is 7.48. The van der Waals surface area contributed by atoms with Crippen molar-refractivity contribution in [3.63, 3.8) is 0 Å². The standard InChI is InChI=1S/C40H36N2O2/c43-39-33(23-13-25-35(39)29-15-5-1-6-16-29)27-41-37(31-19-9-3-10-20-31)38(32-21-11-4-12-22-32)42-28-34-24-14-26-36(40(34)44)30-17-7-2-8-18-30/h1-26,37-38,41-44H,27-28H2/t37-,38-/m1/s1. The fourth-order valence-electron chi connectivity index (χ4n) is 5.79. The number of hydrogen-bond donors (Lipinski definition) is 4. The highest BCUT2D eigenvalue weighted by Crippen LogP contribution is 2.36. The van der Waals surface area contributed by atoms with Gasteiger partial charge in [-0.15, -0.1) is 0 Å². The molecule has 0 saturated carbocycles. The molecule has 0 amide bonds. The maximum absolute atomic E-state index is 11.3. The molecule has 0 spiro atoms. The Morgan fingerprint density at radius 1 is 0.386 bits per heavy atom. The maximum atomic E-state index is 11.3. The van der Waals surface area contributed by atoms with Gasteiger partial charge in [0, 0.05) is 35.3 Å². The third kappa shape index (κ3) is 6.57. The number of aromatic hydroxyl groups is 2. The SMILES string of the molecule is Oc1c(CN[C@H](c2ccccc2)[C@H](NCc2cccc(-c3ccccc3)c2O)c2ccccc2)cccc1-c1ccccc1. The first-order valence-electron chi connectivity index (χ1n) is 15.0. The van der Waals surface area contributed by atoms with E-state index in [0.29, 0.717) is 13.1 Å². The van der Waals surface area contributed by atoms with E-state index < -0.39 is 0 Å². The Balaban J connectivity index is 1.32. The fraction of sp³-hybridized carbons (Fsp3) is 0.100. The molecule has 44 heavy (non-hydrogen) atoms. The van der Waals surface area contributed by atoms with Gasteiger partial charge in [-0.05, 0) is 22.3 Å². The molecular formula is C40H36N2O2. The van der Waals surface area contributed by atoms with Crippen LogP contribution in [-0.4, -0.2) is 10.2 Å². The number of nitrogens with one attached hydrogen (secondary N) is 2. The Labute approximate surface area is 259 Å². The summed E-state index contributed by atoms with van der Waals surface area (Å²) in [6.45, 7) is 0.928. The largest absolute Gasteiger partial charge is 0.507 e. The quantitative estimate of drug-likeness (QED) is 0.124. The third-order valence-corrected chi connectivity index (χ3v) is 8.08. The summed E-state index contributed by atoms with van der Waals surface area (Å²) in [5.74, 6) is 0.565. The van der Waals surface area contributed by atoms with Gasteiger partial charge < -0.3 is 20.8 Å². The molecule has 6 aromatic carbocycles. The highest BCUT2D eigenvalue weighted by molar-refractivity contribution is 5.72. The Morgan fingerprint density at radius 3 is 1.09 bits per heavy atom.